The molecule has 1 aliphatic heterocycles. The molecule has 1 unspecified atom stereocenters. The van der Waals surface area contributed by atoms with Crippen molar-refractivity contribution < 1.29 is 0 Å². The number of fused-ring (bicyclic) bond motifs is 1. The van der Waals surface area contributed by atoms with Crippen molar-refractivity contribution in [1.29, 1.82) is 0 Å². The Bertz CT molecular complexity index is 841. The van der Waals surface area contributed by atoms with Gasteiger partial charge < -0.3 is 10.2 Å². The van der Waals surface area contributed by atoms with Gasteiger partial charge in [-0.3, -0.25) is 4.98 Å². The van der Waals surface area contributed by atoms with Crippen molar-refractivity contribution in [2.75, 3.05) is 23.3 Å². The lowest BCUT2D eigenvalue weighted by molar-refractivity contribution is 0.525. The number of nitrogens with one attached hydrogen (secondary N) is 1. The summed E-state index contributed by atoms with van der Waals surface area (Å²) in [4.78, 5) is 19.7. The summed E-state index contributed by atoms with van der Waals surface area (Å²) in [7, 11) is 0. The van der Waals surface area contributed by atoms with Crippen molar-refractivity contribution in [3.63, 3.8) is 0 Å². The molecule has 0 amide bonds. The molecular weight excluding hydrogens is 324 g/mol. The number of hydrogen-bond donors (Lipinski definition) is 1. The van der Waals surface area contributed by atoms with Gasteiger partial charge in [0.25, 0.3) is 0 Å². The average molecular weight is 341 g/mol. The molecular formula is C17H17ClN6. The lowest BCUT2D eigenvalue weighted by atomic mass is 10.1. The molecule has 1 N–H and O–H groups in total. The second-order valence-corrected chi connectivity index (χ2v) is 6.32. The summed E-state index contributed by atoms with van der Waals surface area (Å²) in [6, 6.07) is 7.81. The van der Waals surface area contributed by atoms with Crippen LogP contribution in [0, 0.1) is 0 Å². The van der Waals surface area contributed by atoms with E-state index in [0.29, 0.717) is 11.1 Å². The van der Waals surface area contributed by atoms with E-state index in [0.717, 1.165) is 48.6 Å². The summed E-state index contributed by atoms with van der Waals surface area (Å²) in [6.07, 6.45) is 7.34. The minimum absolute atomic E-state index is 0.330. The molecule has 1 aromatic carbocycles. The number of piperidine rings is 1. The zero-order valence-electron chi connectivity index (χ0n) is 13.1. The van der Waals surface area contributed by atoms with Gasteiger partial charge in [-0.1, -0.05) is 11.6 Å². The number of anilines is 2. The third kappa shape index (κ3) is 3.23. The van der Waals surface area contributed by atoms with Crippen LogP contribution in [-0.4, -0.2) is 39.1 Å². The molecule has 3 aromatic rings. The van der Waals surface area contributed by atoms with E-state index in [-0.39, 0.29) is 0 Å². The molecule has 0 aliphatic carbocycles. The average Bonchev–Trinajstić information content (AvgIpc) is 2.62. The van der Waals surface area contributed by atoms with E-state index in [2.05, 4.69) is 25.2 Å². The van der Waals surface area contributed by atoms with Crippen LogP contribution in [0.15, 0.2) is 43.0 Å². The quantitative estimate of drug-likeness (QED) is 0.790. The molecule has 122 valence electrons. The zero-order chi connectivity index (χ0) is 16.4. The minimum Gasteiger partial charge on any atom is -0.365 e. The van der Waals surface area contributed by atoms with Gasteiger partial charge in [0.1, 0.15) is 18.0 Å². The van der Waals surface area contributed by atoms with E-state index in [1.54, 1.807) is 12.5 Å². The Hall–Kier alpha value is -2.47. The second kappa shape index (κ2) is 6.57. The Morgan fingerprint density at radius 2 is 2.12 bits per heavy atom. The van der Waals surface area contributed by atoms with Gasteiger partial charge in [0, 0.05) is 30.4 Å². The van der Waals surface area contributed by atoms with Gasteiger partial charge in [0.15, 0.2) is 0 Å². The van der Waals surface area contributed by atoms with Gasteiger partial charge in [-0.15, -0.1) is 0 Å². The molecule has 0 spiro atoms. The van der Waals surface area contributed by atoms with Crippen molar-refractivity contribution in [2.24, 2.45) is 0 Å². The van der Waals surface area contributed by atoms with Crippen LogP contribution in [0.5, 0.6) is 0 Å². The van der Waals surface area contributed by atoms with Crippen LogP contribution < -0.4 is 10.2 Å². The third-order valence-corrected chi connectivity index (χ3v) is 4.41. The highest BCUT2D eigenvalue weighted by Gasteiger charge is 2.21. The maximum Gasteiger partial charge on any atom is 0.147 e. The molecule has 1 atom stereocenters. The van der Waals surface area contributed by atoms with Crippen LogP contribution in [0.1, 0.15) is 12.8 Å². The number of benzene rings is 1. The fourth-order valence-corrected chi connectivity index (χ4v) is 3.18. The second-order valence-electron chi connectivity index (χ2n) is 5.89. The number of halogens is 1. The summed E-state index contributed by atoms with van der Waals surface area (Å²) >= 11 is 6.01. The number of aromatic nitrogens is 4. The number of hydrogen-bond acceptors (Lipinski definition) is 6. The fraction of sp³-hybridized carbons (Fsp3) is 0.294. The Balaban J connectivity index is 1.52. The van der Waals surface area contributed by atoms with Crippen molar-refractivity contribution in [2.45, 2.75) is 18.9 Å². The first kappa shape index (κ1) is 15.1. The molecule has 1 aliphatic rings. The predicted octanol–water partition coefficient (Wildman–Crippen LogP) is 3.15. The van der Waals surface area contributed by atoms with Crippen LogP contribution in [0.3, 0.4) is 0 Å². The van der Waals surface area contributed by atoms with Gasteiger partial charge in [-0.2, -0.15) is 0 Å². The smallest absolute Gasteiger partial charge is 0.147 e. The highest BCUT2D eigenvalue weighted by Crippen LogP contribution is 2.22. The van der Waals surface area contributed by atoms with Gasteiger partial charge in [0.2, 0.25) is 0 Å². The summed E-state index contributed by atoms with van der Waals surface area (Å²) < 4.78 is 0. The fourth-order valence-electron chi connectivity index (χ4n) is 3.01. The van der Waals surface area contributed by atoms with Gasteiger partial charge in [0.05, 0.1) is 17.2 Å². The predicted molar refractivity (Wildman–Crippen MR) is 95.4 cm³/mol. The lowest BCUT2D eigenvalue weighted by Gasteiger charge is -2.34. The van der Waals surface area contributed by atoms with Gasteiger partial charge >= 0.3 is 0 Å². The van der Waals surface area contributed by atoms with Gasteiger partial charge in [-0.05, 0) is 37.1 Å². The van der Waals surface area contributed by atoms with Gasteiger partial charge in [-0.25, -0.2) is 15.0 Å². The van der Waals surface area contributed by atoms with Crippen LogP contribution in [0.2, 0.25) is 5.02 Å². The molecule has 0 radical (unpaired) electrons. The number of rotatable bonds is 3. The van der Waals surface area contributed by atoms with Crippen LogP contribution in [-0.2, 0) is 0 Å². The Labute approximate surface area is 144 Å². The summed E-state index contributed by atoms with van der Waals surface area (Å²) in [5.41, 5.74) is 1.68. The maximum absolute atomic E-state index is 6.01. The largest absolute Gasteiger partial charge is 0.365 e. The molecule has 3 heterocycles. The first-order valence-electron chi connectivity index (χ1n) is 7.98. The van der Waals surface area contributed by atoms with E-state index >= 15 is 0 Å². The molecule has 2 aromatic heterocycles. The molecule has 24 heavy (non-hydrogen) atoms. The van der Waals surface area contributed by atoms with E-state index in [9.17, 15) is 0 Å². The Morgan fingerprint density at radius 3 is 3.00 bits per heavy atom. The van der Waals surface area contributed by atoms with Crippen molar-refractivity contribution in [1.82, 2.24) is 19.9 Å². The standard InChI is InChI=1S/C17H17ClN6/c18-12-3-4-14-15(8-12)20-9-17(23-14)24-7-1-2-13(10-24)22-16-5-6-19-11-21-16/h3-6,8-9,11,13H,1-2,7,10H2,(H,19,21,22). The SMILES string of the molecule is Clc1ccc2nc(N3CCCC(Nc4ccncn4)C3)cnc2c1. The van der Waals surface area contributed by atoms with Crippen molar-refractivity contribution in [3.05, 3.63) is 48.0 Å². The molecule has 6 nitrogen and oxygen atoms in total. The van der Waals surface area contributed by atoms with Crippen LogP contribution in [0.25, 0.3) is 11.0 Å². The molecule has 7 heteroatoms. The number of nitrogens with zero attached hydrogens (tertiary/aromatic N) is 5. The highest BCUT2D eigenvalue weighted by atomic mass is 35.5. The van der Waals surface area contributed by atoms with E-state index in [1.807, 2.05) is 30.5 Å². The normalized spacial score (nSPS) is 17.9. The topological polar surface area (TPSA) is 66.8 Å². The molecule has 1 saturated heterocycles. The third-order valence-electron chi connectivity index (χ3n) is 4.17. The Kier molecular flexibility index (Phi) is 4.13. The Morgan fingerprint density at radius 1 is 1.17 bits per heavy atom. The molecule has 4 rings (SSSR count). The van der Waals surface area contributed by atoms with E-state index in [4.69, 9.17) is 16.6 Å². The summed E-state index contributed by atoms with van der Waals surface area (Å²) in [5.74, 6) is 1.76. The first-order chi connectivity index (χ1) is 11.8. The summed E-state index contributed by atoms with van der Waals surface area (Å²) in [5, 5.41) is 4.14. The highest BCUT2D eigenvalue weighted by molar-refractivity contribution is 6.31. The molecule has 0 saturated carbocycles. The van der Waals surface area contributed by atoms with E-state index < -0.39 is 0 Å². The van der Waals surface area contributed by atoms with Crippen molar-refractivity contribution >= 4 is 34.3 Å². The molecule has 0 bridgehead atoms. The van der Waals surface area contributed by atoms with Crippen LogP contribution in [0.4, 0.5) is 11.6 Å². The van der Waals surface area contributed by atoms with Crippen molar-refractivity contribution in [3.8, 4) is 0 Å². The first-order valence-corrected chi connectivity index (χ1v) is 8.35. The maximum atomic E-state index is 6.01. The lowest BCUT2D eigenvalue weighted by Crippen LogP contribution is -2.42. The minimum atomic E-state index is 0.330. The monoisotopic (exact) mass is 340 g/mol. The zero-order valence-corrected chi connectivity index (χ0v) is 13.8. The van der Waals surface area contributed by atoms with E-state index in [1.165, 1.54) is 0 Å². The molecule has 1 fully saturated rings. The summed E-state index contributed by atoms with van der Waals surface area (Å²) in [6.45, 7) is 1.85. The van der Waals surface area contributed by atoms with Crippen LogP contribution >= 0.6 is 11.6 Å².